The van der Waals surface area contributed by atoms with Gasteiger partial charge in [0.05, 0.1) is 24.5 Å². The van der Waals surface area contributed by atoms with E-state index < -0.39 is 11.8 Å². The number of rotatable bonds is 16. The summed E-state index contributed by atoms with van der Waals surface area (Å²) in [5.74, 6) is -1.17. The Bertz CT molecular complexity index is 1440. The Morgan fingerprint density at radius 3 is 1.33 bits per heavy atom. The van der Waals surface area contributed by atoms with Gasteiger partial charge in [-0.15, -0.1) is 0 Å². The van der Waals surface area contributed by atoms with Gasteiger partial charge in [0.2, 0.25) is 0 Å². The average Bonchev–Trinajstić information content (AvgIpc) is 3.67. The van der Waals surface area contributed by atoms with Gasteiger partial charge in [-0.3, -0.25) is 30.0 Å². The number of aromatic nitrogens is 2. The number of benzene rings is 1. The lowest BCUT2D eigenvalue weighted by Gasteiger charge is -2.09. The molecule has 3 rings (SSSR count). The Morgan fingerprint density at radius 1 is 0.630 bits per heavy atom. The fraction of sp³-hybridized carbons (Fsp3) is 0.375. The van der Waals surface area contributed by atoms with Crippen molar-refractivity contribution < 1.29 is 19.2 Å². The third-order valence-electron chi connectivity index (χ3n) is 7.14. The molecule has 46 heavy (non-hydrogen) atoms. The number of aryl methyl sites for hydroxylation is 2. The number of hydrogen-bond acceptors (Lipinski definition) is 6. The summed E-state index contributed by atoms with van der Waals surface area (Å²) in [5.41, 5.74) is 2.30. The highest BCUT2D eigenvalue weighted by Crippen LogP contribution is 2.19. The molecule has 1 aromatic carbocycles. The van der Waals surface area contributed by atoms with Crippen LogP contribution in [0.1, 0.15) is 81.2 Å². The summed E-state index contributed by atoms with van der Waals surface area (Å²) < 4.78 is 3.56. The van der Waals surface area contributed by atoms with Gasteiger partial charge in [0, 0.05) is 50.7 Å². The minimum absolute atomic E-state index is 0.0559. The van der Waals surface area contributed by atoms with E-state index in [0.29, 0.717) is 47.0 Å². The molecule has 3 aromatic rings. The van der Waals surface area contributed by atoms with Crippen LogP contribution in [0.2, 0.25) is 0 Å². The molecular weight excluding hydrogens is 588 g/mol. The summed E-state index contributed by atoms with van der Waals surface area (Å²) in [7, 11) is 3.22. The second-order valence-electron chi connectivity index (χ2n) is 10.6. The minimum atomic E-state index is -0.404. The first-order valence-electron chi connectivity index (χ1n) is 15.3. The molecule has 0 aliphatic heterocycles. The summed E-state index contributed by atoms with van der Waals surface area (Å²) in [5, 5.41) is 31.8. The van der Waals surface area contributed by atoms with Crippen molar-refractivity contribution in [2.75, 3.05) is 37.8 Å². The molecule has 246 valence electrons. The van der Waals surface area contributed by atoms with Crippen LogP contribution in [0.4, 0.5) is 11.4 Å². The lowest BCUT2D eigenvalue weighted by atomic mass is 10.1. The molecule has 8 N–H and O–H groups in total. The number of carbonyl (C=O) groups is 4. The average molecular weight is 633 g/mol. The monoisotopic (exact) mass is 632 g/mol. The zero-order chi connectivity index (χ0) is 33.6. The van der Waals surface area contributed by atoms with Crippen molar-refractivity contribution in [1.82, 2.24) is 30.4 Å². The van der Waals surface area contributed by atoms with Crippen LogP contribution in [0.25, 0.3) is 0 Å². The van der Waals surface area contributed by atoms with Crippen LogP contribution in [0.3, 0.4) is 0 Å². The molecule has 0 bridgehead atoms. The largest absolute Gasteiger partial charge is 0.376 e. The van der Waals surface area contributed by atoms with Crippen LogP contribution in [-0.2, 0) is 13.1 Å². The zero-order valence-corrected chi connectivity index (χ0v) is 26.8. The van der Waals surface area contributed by atoms with E-state index in [2.05, 4.69) is 31.9 Å². The van der Waals surface area contributed by atoms with Gasteiger partial charge in [0.25, 0.3) is 23.6 Å². The van der Waals surface area contributed by atoms with Gasteiger partial charge in [0.1, 0.15) is 23.1 Å². The van der Waals surface area contributed by atoms with E-state index in [-0.39, 0.29) is 36.6 Å². The van der Waals surface area contributed by atoms with Crippen LogP contribution >= 0.6 is 0 Å². The standard InChI is InChI=1S/C32H44N10O4/c1-5-7-13-41-19-23(15-25(41)31(45)37-17-27(33)35-3)39-29(43)21-9-11-22(12-10-21)30(44)40-24-16-26(42(20-24)14-8-6-2)32(46)38-18-28(34)36-4/h9-12,15-16,19-20H,5-8,13-14,17-18H2,1-4H3,(H2,33,35)(H2,34,36)(H,37,45)(H,38,46)(H,39,43)(H,40,44). The maximum absolute atomic E-state index is 13.0. The highest BCUT2D eigenvalue weighted by atomic mass is 16.2. The topological polar surface area (TPSA) is 198 Å². The van der Waals surface area contributed by atoms with E-state index in [1.807, 2.05) is 13.8 Å². The van der Waals surface area contributed by atoms with Crippen molar-refractivity contribution in [3.05, 3.63) is 71.3 Å². The normalized spacial score (nSPS) is 10.5. The summed E-state index contributed by atoms with van der Waals surface area (Å²) >= 11 is 0. The summed E-state index contributed by atoms with van der Waals surface area (Å²) in [6.45, 7) is 5.39. The van der Waals surface area contributed by atoms with Crippen molar-refractivity contribution in [2.45, 2.75) is 52.6 Å². The van der Waals surface area contributed by atoms with Crippen molar-refractivity contribution in [1.29, 1.82) is 10.8 Å². The molecule has 0 atom stereocenters. The highest BCUT2D eigenvalue weighted by Gasteiger charge is 2.18. The molecule has 14 heteroatoms. The Morgan fingerprint density at radius 2 is 1.00 bits per heavy atom. The molecule has 0 aliphatic carbocycles. The lowest BCUT2D eigenvalue weighted by Crippen LogP contribution is -2.35. The maximum Gasteiger partial charge on any atom is 0.268 e. The van der Waals surface area contributed by atoms with E-state index in [1.54, 1.807) is 47.8 Å². The van der Waals surface area contributed by atoms with E-state index in [9.17, 15) is 19.2 Å². The van der Waals surface area contributed by atoms with Crippen LogP contribution in [0.15, 0.2) is 48.8 Å². The van der Waals surface area contributed by atoms with Gasteiger partial charge in [0.15, 0.2) is 0 Å². The molecule has 0 unspecified atom stereocenters. The number of unbranched alkanes of at least 4 members (excludes halogenated alkanes) is 2. The molecule has 0 saturated heterocycles. The van der Waals surface area contributed by atoms with Crippen LogP contribution in [0.5, 0.6) is 0 Å². The lowest BCUT2D eigenvalue weighted by molar-refractivity contribution is 0.0941. The molecule has 2 heterocycles. The molecule has 0 fully saturated rings. The smallest absolute Gasteiger partial charge is 0.268 e. The Hall–Kier alpha value is -5.40. The molecule has 0 radical (unpaired) electrons. The zero-order valence-electron chi connectivity index (χ0n) is 26.8. The van der Waals surface area contributed by atoms with Crippen LogP contribution < -0.4 is 31.9 Å². The summed E-state index contributed by atoms with van der Waals surface area (Å²) in [6, 6.07) is 9.35. The van der Waals surface area contributed by atoms with Crippen LogP contribution in [0, 0.1) is 10.8 Å². The molecule has 0 aliphatic rings. The van der Waals surface area contributed by atoms with Crippen molar-refractivity contribution >= 4 is 46.7 Å². The Kier molecular flexibility index (Phi) is 13.1. The number of nitrogens with zero attached hydrogens (tertiary/aromatic N) is 2. The second-order valence-corrected chi connectivity index (χ2v) is 10.6. The first-order chi connectivity index (χ1) is 22.1. The quantitative estimate of drug-likeness (QED) is 0.0881. The van der Waals surface area contributed by atoms with Crippen molar-refractivity contribution in [3.8, 4) is 0 Å². The summed E-state index contributed by atoms with van der Waals surface area (Å²) in [4.78, 5) is 51.6. The second kappa shape index (κ2) is 17.2. The number of amides is 4. The van der Waals surface area contributed by atoms with Gasteiger partial charge in [-0.2, -0.15) is 0 Å². The predicted octanol–water partition coefficient (Wildman–Crippen LogP) is 3.25. The van der Waals surface area contributed by atoms with Crippen molar-refractivity contribution in [2.24, 2.45) is 0 Å². The number of carbonyl (C=O) groups excluding carboxylic acids is 4. The summed E-state index contributed by atoms with van der Waals surface area (Å²) in [6.07, 6.45) is 6.96. The van der Waals surface area contributed by atoms with Gasteiger partial charge in [-0.25, -0.2) is 0 Å². The number of anilines is 2. The van der Waals surface area contributed by atoms with E-state index in [1.165, 1.54) is 24.3 Å². The Labute approximate surface area is 268 Å². The van der Waals surface area contributed by atoms with Gasteiger partial charge in [-0.05, 0) is 49.2 Å². The molecule has 0 spiro atoms. The highest BCUT2D eigenvalue weighted by molar-refractivity contribution is 6.08. The van der Waals surface area contributed by atoms with E-state index >= 15 is 0 Å². The third-order valence-corrected chi connectivity index (χ3v) is 7.14. The number of likely N-dealkylation sites (N-methyl/N-ethyl adjacent to an activating group) is 2. The van der Waals surface area contributed by atoms with Gasteiger partial charge >= 0.3 is 0 Å². The maximum atomic E-state index is 13.0. The first kappa shape index (κ1) is 35.1. The van der Waals surface area contributed by atoms with Gasteiger partial charge < -0.3 is 41.0 Å². The SMILES string of the molecule is CCCCn1cc(NC(=O)c2ccc(C(=O)Nc3cc(C(=O)NCC(=N)NC)n(CCCC)c3)cc2)cc1C(=O)NCC(=N)NC. The fourth-order valence-electron chi connectivity index (χ4n) is 4.44. The number of hydrogen-bond donors (Lipinski definition) is 8. The molecular formula is C32H44N10O4. The van der Waals surface area contributed by atoms with E-state index in [0.717, 1.165) is 25.7 Å². The fourth-order valence-corrected chi connectivity index (χ4v) is 4.44. The molecule has 0 saturated carbocycles. The number of nitrogens with one attached hydrogen (secondary N) is 8. The minimum Gasteiger partial charge on any atom is -0.376 e. The van der Waals surface area contributed by atoms with Crippen LogP contribution in [-0.4, -0.2) is 71.6 Å². The van der Waals surface area contributed by atoms with Crippen molar-refractivity contribution in [3.63, 3.8) is 0 Å². The molecule has 14 nitrogen and oxygen atoms in total. The molecule has 2 aromatic heterocycles. The van der Waals surface area contributed by atoms with E-state index in [4.69, 9.17) is 10.8 Å². The number of amidine groups is 2. The molecule has 4 amide bonds. The van der Waals surface area contributed by atoms with Gasteiger partial charge in [-0.1, -0.05) is 26.7 Å². The Balaban J connectivity index is 1.68. The first-order valence-corrected chi connectivity index (χ1v) is 15.3. The third kappa shape index (κ3) is 9.81. The predicted molar refractivity (Wildman–Crippen MR) is 179 cm³/mol.